The lowest BCUT2D eigenvalue weighted by Crippen LogP contribution is -2.12. The fourth-order valence-corrected chi connectivity index (χ4v) is 1.69. The molecule has 1 rings (SSSR count). The summed E-state index contributed by atoms with van der Waals surface area (Å²) in [6.45, 7) is 6.67. The average molecular weight is 304 g/mol. The molecule has 0 spiro atoms. The van der Waals surface area contributed by atoms with E-state index in [-0.39, 0.29) is 5.92 Å². The largest absolute Gasteiger partial charge is 0.462 e. The Bertz CT molecular complexity index is 518. The zero-order valence-electron chi connectivity index (χ0n) is 13.5. The summed E-state index contributed by atoms with van der Waals surface area (Å²) in [7, 11) is 0. The fourth-order valence-electron chi connectivity index (χ4n) is 1.69. The molecule has 0 saturated heterocycles. The van der Waals surface area contributed by atoms with E-state index in [1.165, 1.54) is 6.07 Å². The van der Waals surface area contributed by atoms with Gasteiger partial charge in [-0.2, -0.15) is 0 Å². The first-order chi connectivity index (χ1) is 10.5. The summed E-state index contributed by atoms with van der Waals surface area (Å²) in [6.07, 6.45) is 5.66. The topological polar surface area (TPSA) is 52.6 Å². The number of hydrogen-bond donors (Lipinski definition) is 0. The Kier molecular flexibility index (Phi) is 7.97. The highest BCUT2D eigenvalue weighted by Gasteiger charge is 2.12. The molecule has 1 aromatic carbocycles. The van der Waals surface area contributed by atoms with Crippen LogP contribution in [0.15, 0.2) is 36.4 Å². The van der Waals surface area contributed by atoms with Crippen LogP contribution in [0.2, 0.25) is 0 Å². The molecule has 0 heterocycles. The van der Waals surface area contributed by atoms with E-state index < -0.39 is 11.9 Å². The van der Waals surface area contributed by atoms with Crippen molar-refractivity contribution in [3.8, 4) is 0 Å². The van der Waals surface area contributed by atoms with Crippen LogP contribution in [0.4, 0.5) is 0 Å². The second kappa shape index (κ2) is 9.77. The van der Waals surface area contributed by atoms with E-state index in [1.54, 1.807) is 18.2 Å². The third kappa shape index (κ3) is 6.57. The molecule has 22 heavy (non-hydrogen) atoms. The molecule has 0 N–H and O–H groups in total. The van der Waals surface area contributed by atoms with E-state index in [0.29, 0.717) is 30.8 Å². The second-order valence-electron chi connectivity index (χ2n) is 5.38. The zero-order chi connectivity index (χ0) is 16.4. The molecule has 0 atom stereocenters. The number of benzene rings is 1. The fraction of sp³-hybridized carbons (Fsp3) is 0.444. The van der Waals surface area contributed by atoms with Gasteiger partial charge in [0.25, 0.3) is 0 Å². The number of esters is 2. The van der Waals surface area contributed by atoms with Crippen molar-refractivity contribution < 1.29 is 19.1 Å². The normalized spacial score (nSPS) is 10.9. The number of hydrogen-bond acceptors (Lipinski definition) is 4. The minimum Gasteiger partial charge on any atom is -0.462 e. The average Bonchev–Trinajstić information content (AvgIpc) is 2.52. The van der Waals surface area contributed by atoms with E-state index in [9.17, 15) is 9.59 Å². The van der Waals surface area contributed by atoms with Crippen molar-refractivity contribution in [3.63, 3.8) is 0 Å². The lowest BCUT2D eigenvalue weighted by atomic mass is 10.1. The standard InChI is InChI=1S/C18H24O4/c1-4-5-6-7-11-21-17(19)15-9-8-10-16(12-15)18(20)22-13-14(2)3/h5-6,8-10,12,14H,4,7,11,13H2,1-3H3/b6-5+. The van der Waals surface area contributed by atoms with Crippen LogP contribution >= 0.6 is 0 Å². The first-order valence-electron chi connectivity index (χ1n) is 7.64. The molecule has 0 unspecified atom stereocenters. The van der Waals surface area contributed by atoms with Crippen LogP contribution in [0, 0.1) is 5.92 Å². The molecule has 0 fully saturated rings. The van der Waals surface area contributed by atoms with Gasteiger partial charge >= 0.3 is 11.9 Å². The van der Waals surface area contributed by atoms with Crippen LogP contribution in [-0.4, -0.2) is 25.2 Å². The number of rotatable bonds is 8. The van der Waals surface area contributed by atoms with Crippen LogP contribution in [-0.2, 0) is 9.47 Å². The summed E-state index contributed by atoms with van der Waals surface area (Å²) >= 11 is 0. The molecule has 4 nitrogen and oxygen atoms in total. The molecule has 0 saturated carbocycles. The molecule has 1 aromatic rings. The first kappa shape index (κ1) is 18.0. The Hall–Kier alpha value is -2.10. The number of carbonyl (C=O) groups is 2. The maximum Gasteiger partial charge on any atom is 0.338 e. The van der Waals surface area contributed by atoms with E-state index in [2.05, 4.69) is 0 Å². The van der Waals surface area contributed by atoms with Gasteiger partial charge in [0.15, 0.2) is 0 Å². The van der Waals surface area contributed by atoms with Crippen LogP contribution in [0.5, 0.6) is 0 Å². The summed E-state index contributed by atoms with van der Waals surface area (Å²) in [6, 6.07) is 6.42. The van der Waals surface area contributed by atoms with Gasteiger partial charge in [-0.3, -0.25) is 0 Å². The van der Waals surface area contributed by atoms with Crippen LogP contribution < -0.4 is 0 Å². The molecule has 4 heteroatoms. The maximum absolute atomic E-state index is 11.9. The van der Waals surface area contributed by atoms with Crippen molar-refractivity contribution in [1.82, 2.24) is 0 Å². The Morgan fingerprint density at radius 1 is 1.09 bits per heavy atom. The predicted octanol–water partition coefficient (Wildman–Crippen LogP) is 4.01. The molecule has 0 aliphatic carbocycles. The van der Waals surface area contributed by atoms with Gasteiger partial charge in [0.2, 0.25) is 0 Å². The maximum atomic E-state index is 11.9. The van der Waals surface area contributed by atoms with Gasteiger partial charge in [-0.1, -0.05) is 39.0 Å². The van der Waals surface area contributed by atoms with E-state index in [4.69, 9.17) is 9.47 Å². The lowest BCUT2D eigenvalue weighted by Gasteiger charge is -2.08. The highest BCUT2D eigenvalue weighted by molar-refractivity contribution is 5.95. The summed E-state index contributed by atoms with van der Waals surface area (Å²) in [4.78, 5) is 23.8. The molecular weight excluding hydrogens is 280 g/mol. The summed E-state index contributed by atoms with van der Waals surface area (Å²) in [5.41, 5.74) is 0.722. The van der Waals surface area contributed by atoms with E-state index in [0.717, 1.165) is 6.42 Å². The Balaban J connectivity index is 2.57. The molecule has 0 bridgehead atoms. The van der Waals surface area contributed by atoms with Gasteiger partial charge in [0.05, 0.1) is 24.3 Å². The minimum atomic E-state index is -0.427. The van der Waals surface area contributed by atoms with Crippen LogP contribution in [0.1, 0.15) is 54.3 Å². The Labute approximate surface area is 132 Å². The molecule has 0 aliphatic rings. The molecular formula is C18H24O4. The predicted molar refractivity (Wildman–Crippen MR) is 85.9 cm³/mol. The van der Waals surface area contributed by atoms with Gasteiger partial charge in [0, 0.05) is 0 Å². The number of ether oxygens (including phenoxy) is 2. The summed E-state index contributed by atoms with van der Waals surface area (Å²) < 4.78 is 10.3. The van der Waals surface area contributed by atoms with Gasteiger partial charge in [-0.05, 0) is 37.0 Å². The third-order valence-corrected chi connectivity index (χ3v) is 2.80. The number of allylic oxidation sites excluding steroid dienone is 1. The SMILES string of the molecule is CC/C=C/CCOC(=O)c1cccc(C(=O)OCC(C)C)c1. The monoisotopic (exact) mass is 304 g/mol. The second-order valence-corrected chi connectivity index (χ2v) is 5.38. The lowest BCUT2D eigenvalue weighted by molar-refractivity contribution is 0.0459. The van der Waals surface area contributed by atoms with Gasteiger partial charge in [-0.25, -0.2) is 9.59 Å². The van der Waals surface area contributed by atoms with Crippen molar-refractivity contribution in [1.29, 1.82) is 0 Å². The highest BCUT2D eigenvalue weighted by Crippen LogP contribution is 2.09. The van der Waals surface area contributed by atoms with Crippen molar-refractivity contribution in [3.05, 3.63) is 47.5 Å². The summed E-state index contributed by atoms with van der Waals surface area (Å²) in [5, 5.41) is 0. The highest BCUT2D eigenvalue weighted by atomic mass is 16.5. The van der Waals surface area contributed by atoms with Crippen molar-refractivity contribution >= 4 is 11.9 Å². The molecule has 0 amide bonds. The zero-order valence-corrected chi connectivity index (χ0v) is 13.5. The van der Waals surface area contributed by atoms with E-state index in [1.807, 2.05) is 32.9 Å². The Morgan fingerprint density at radius 3 is 2.32 bits per heavy atom. The first-order valence-corrected chi connectivity index (χ1v) is 7.64. The third-order valence-electron chi connectivity index (χ3n) is 2.80. The summed E-state index contributed by atoms with van der Waals surface area (Å²) in [5.74, 6) is -0.578. The van der Waals surface area contributed by atoms with Crippen LogP contribution in [0.3, 0.4) is 0 Å². The molecule has 120 valence electrons. The quantitative estimate of drug-likeness (QED) is 0.413. The van der Waals surface area contributed by atoms with Crippen LogP contribution in [0.25, 0.3) is 0 Å². The van der Waals surface area contributed by atoms with Gasteiger partial charge in [0.1, 0.15) is 0 Å². The van der Waals surface area contributed by atoms with Gasteiger partial charge < -0.3 is 9.47 Å². The molecule has 0 radical (unpaired) electrons. The van der Waals surface area contributed by atoms with E-state index >= 15 is 0 Å². The minimum absolute atomic E-state index is 0.272. The van der Waals surface area contributed by atoms with Crippen molar-refractivity contribution in [2.24, 2.45) is 5.92 Å². The van der Waals surface area contributed by atoms with Crippen molar-refractivity contribution in [2.75, 3.05) is 13.2 Å². The molecule has 0 aliphatic heterocycles. The molecule has 0 aromatic heterocycles. The van der Waals surface area contributed by atoms with Crippen molar-refractivity contribution in [2.45, 2.75) is 33.6 Å². The Morgan fingerprint density at radius 2 is 1.73 bits per heavy atom. The number of carbonyl (C=O) groups excluding carboxylic acids is 2. The smallest absolute Gasteiger partial charge is 0.338 e. The van der Waals surface area contributed by atoms with Gasteiger partial charge in [-0.15, -0.1) is 0 Å².